The number of nitrogens with one attached hydrogen (secondary N) is 2. The molecule has 3 heterocycles. The molecule has 1 spiro atoms. The third kappa shape index (κ3) is 10.7. The van der Waals surface area contributed by atoms with Gasteiger partial charge in [-0.25, -0.2) is 0 Å². The Morgan fingerprint density at radius 2 is 1.93 bits per heavy atom. The molecule has 3 aliphatic heterocycles. The molecule has 10 heteroatoms. The van der Waals surface area contributed by atoms with E-state index in [1.54, 1.807) is 13.0 Å². The predicted octanol–water partition coefficient (Wildman–Crippen LogP) is 3.24. The number of carbonyl (C=O) groups excluding carboxylic acids is 3. The van der Waals surface area contributed by atoms with Gasteiger partial charge in [-0.1, -0.05) is 37.6 Å². The summed E-state index contributed by atoms with van der Waals surface area (Å²) in [6.07, 6.45) is 11.2. The highest BCUT2D eigenvalue weighted by Crippen LogP contribution is 2.46. The Morgan fingerprint density at radius 3 is 2.59 bits per heavy atom. The Morgan fingerprint density at radius 1 is 1.20 bits per heavy atom. The fourth-order valence-electron chi connectivity index (χ4n) is 5.52. The minimum absolute atomic E-state index is 0.0156. The summed E-state index contributed by atoms with van der Waals surface area (Å²) in [5, 5.41) is 16.9. The van der Waals surface area contributed by atoms with Gasteiger partial charge in [-0.05, 0) is 52.0 Å². The van der Waals surface area contributed by atoms with Crippen LogP contribution in [0.4, 0.5) is 0 Å². The Labute approximate surface area is 243 Å². The van der Waals surface area contributed by atoms with E-state index in [-0.39, 0.29) is 48.5 Å². The first-order valence-electron chi connectivity index (χ1n) is 14.8. The number of epoxide rings is 1. The second kappa shape index (κ2) is 14.6. The fraction of sp³-hybridized carbons (Fsp3) is 0.710. The zero-order chi connectivity index (χ0) is 30.2. The summed E-state index contributed by atoms with van der Waals surface area (Å²) in [7, 11) is 0. The first-order valence-corrected chi connectivity index (χ1v) is 14.8. The summed E-state index contributed by atoms with van der Waals surface area (Å²) in [6.45, 7) is 12.2. The Balaban J connectivity index is 1.49. The van der Waals surface area contributed by atoms with Gasteiger partial charge in [-0.3, -0.25) is 14.4 Å². The number of aliphatic hydroxyl groups is 1. The second-order valence-corrected chi connectivity index (χ2v) is 11.9. The summed E-state index contributed by atoms with van der Waals surface area (Å²) in [5.41, 5.74) is 0.620. The van der Waals surface area contributed by atoms with Crippen LogP contribution in [0.2, 0.25) is 0 Å². The topological polar surface area (TPSA) is 136 Å². The highest BCUT2D eigenvalue weighted by atomic mass is 16.7. The Kier molecular flexibility index (Phi) is 11.7. The normalized spacial score (nSPS) is 34.5. The number of hydrogen-bond donors (Lipinski definition) is 3. The number of esters is 1. The maximum atomic E-state index is 12.4. The summed E-state index contributed by atoms with van der Waals surface area (Å²) >= 11 is 0. The van der Waals surface area contributed by atoms with Gasteiger partial charge in [-0.2, -0.15) is 0 Å². The van der Waals surface area contributed by atoms with Crippen molar-refractivity contribution in [3.63, 3.8) is 0 Å². The highest BCUT2D eigenvalue weighted by Gasteiger charge is 2.57. The highest BCUT2D eigenvalue weighted by molar-refractivity contribution is 5.87. The van der Waals surface area contributed by atoms with Crippen molar-refractivity contribution in [2.45, 2.75) is 122 Å². The van der Waals surface area contributed by atoms with E-state index in [1.165, 1.54) is 13.0 Å². The summed E-state index contributed by atoms with van der Waals surface area (Å²) in [4.78, 5) is 35.6. The largest absolute Gasteiger partial charge is 0.459 e. The van der Waals surface area contributed by atoms with Crippen LogP contribution >= 0.6 is 0 Å². The Hall–Kier alpha value is -2.53. The zero-order valence-electron chi connectivity index (χ0n) is 25.3. The smallest absolute Gasteiger partial charge is 0.303 e. The molecular weight excluding hydrogens is 528 g/mol. The molecule has 8 unspecified atom stereocenters. The standard InChI is InChI=1S/C31H48N2O8/c1-7-14-32-29(36)17-31(37)18-30(19-38-30)16-25(41-31)11-8-20(2)9-12-27-21(3)15-26(23(5)40-27)33-28(35)13-10-22(4)39-24(6)34/h8-11,13,21-23,25-27,37H,7,12,14-19H2,1-6H3,(H,32,36)(H,33,35). The van der Waals surface area contributed by atoms with Gasteiger partial charge in [0.25, 0.3) is 0 Å². The van der Waals surface area contributed by atoms with Crippen LogP contribution in [0.15, 0.2) is 36.0 Å². The summed E-state index contributed by atoms with van der Waals surface area (Å²) in [5.74, 6) is -2.18. The van der Waals surface area contributed by atoms with Gasteiger partial charge in [0.1, 0.15) is 6.10 Å². The number of ether oxygens (including phenoxy) is 4. The third-order valence-corrected chi connectivity index (χ3v) is 7.76. The molecule has 3 rings (SSSR count). The molecule has 10 nitrogen and oxygen atoms in total. The van der Waals surface area contributed by atoms with Crippen LogP contribution in [-0.4, -0.2) is 77.9 Å². The number of rotatable bonds is 12. The second-order valence-electron chi connectivity index (χ2n) is 11.9. The van der Waals surface area contributed by atoms with Crippen molar-refractivity contribution in [2.24, 2.45) is 5.92 Å². The van der Waals surface area contributed by atoms with E-state index < -0.39 is 23.5 Å². The number of hydrogen-bond acceptors (Lipinski definition) is 8. The molecule has 0 radical (unpaired) electrons. The lowest BCUT2D eigenvalue weighted by Crippen LogP contribution is -2.50. The van der Waals surface area contributed by atoms with E-state index in [2.05, 4.69) is 23.6 Å². The lowest BCUT2D eigenvalue weighted by atomic mass is 9.87. The van der Waals surface area contributed by atoms with E-state index in [4.69, 9.17) is 18.9 Å². The molecule has 8 atom stereocenters. The van der Waals surface area contributed by atoms with Gasteiger partial charge in [0.2, 0.25) is 11.8 Å². The van der Waals surface area contributed by atoms with E-state index in [0.29, 0.717) is 26.0 Å². The molecule has 2 amide bonds. The van der Waals surface area contributed by atoms with Crippen molar-refractivity contribution >= 4 is 17.8 Å². The van der Waals surface area contributed by atoms with Gasteiger partial charge in [0, 0.05) is 32.4 Å². The number of amides is 2. The van der Waals surface area contributed by atoms with Gasteiger partial charge >= 0.3 is 5.97 Å². The number of carbonyl (C=O) groups is 3. The van der Waals surface area contributed by atoms with Crippen molar-refractivity contribution in [3.8, 4) is 0 Å². The van der Waals surface area contributed by atoms with Gasteiger partial charge in [0.05, 0.1) is 43.0 Å². The quantitative estimate of drug-likeness (QED) is 0.139. The molecular formula is C31H48N2O8. The average molecular weight is 577 g/mol. The van der Waals surface area contributed by atoms with E-state index in [0.717, 1.165) is 24.8 Å². The SMILES string of the molecule is CCCNC(=O)CC1(O)CC2(CO2)CC(C=CC(C)=CCC2OC(C)C(NC(=O)C=CC(C)OC(C)=O)CC2C)O1. The first-order chi connectivity index (χ1) is 19.3. The summed E-state index contributed by atoms with van der Waals surface area (Å²) < 4.78 is 22.9. The minimum Gasteiger partial charge on any atom is -0.459 e. The van der Waals surface area contributed by atoms with Crippen LogP contribution in [0.3, 0.4) is 0 Å². The minimum atomic E-state index is -1.55. The van der Waals surface area contributed by atoms with E-state index in [9.17, 15) is 19.5 Å². The molecule has 3 fully saturated rings. The van der Waals surface area contributed by atoms with Crippen molar-refractivity contribution in [1.82, 2.24) is 10.6 Å². The summed E-state index contributed by atoms with van der Waals surface area (Å²) in [6, 6.07) is -0.115. The van der Waals surface area contributed by atoms with Crippen molar-refractivity contribution < 1.29 is 38.4 Å². The van der Waals surface area contributed by atoms with Crippen LogP contribution in [0.25, 0.3) is 0 Å². The van der Waals surface area contributed by atoms with Crippen LogP contribution in [0, 0.1) is 5.92 Å². The van der Waals surface area contributed by atoms with Crippen molar-refractivity contribution in [3.05, 3.63) is 36.0 Å². The first kappa shape index (κ1) is 33.0. The third-order valence-electron chi connectivity index (χ3n) is 7.76. The molecule has 0 saturated carbocycles. The van der Waals surface area contributed by atoms with E-state index in [1.807, 2.05) is 32.9 Å². The van der Waals surface area contributed by atoms with Gasteiger partial charge in [0.15, 0.2) is 5.79 Å². The van der Waals surface area contributed by atoms with Gasteiger partial charge in [-0.15, -0.1) is 0 Å². The molecule has 0 aromatic rings. The molecule has 0 aromatic carbocycles. The van der Waals surface area contributed by atoms with Crippen molar-refractivity contribution in [2.75, 3.05) is 13.2 Å². The average Bonchev–Trinajstić information content (AvgIpc) is 3.62. The van der Waals surface area contributed by atoms with Crippen molar-refractivity contribution in [1.29, 1.82) is 0 Å². The molecule has 3 saturated heterocycles. The monoisotopic (exact) mass is 576 g/mol. The molecule has 41 heavy (non-hydrogen) atoms. The molecule has 3 aliphatic rings. The van der Waals surface area contributed by atoms with Gasteiger partial charge < -0.3 is 34.7 Å². The molecule has 0 bridgehead atoms. The zero-order valence-corrected chi connectivity index (χ0v) is 25.3. The lowest BCUT2D eigenvalue weighted by molar-refractivity contribution is -0.256. The molecule has 0 aliphatic carbocycles. The van der Waals surface area contributed by atoms with Crippen LogP contribution in [0.5, 0.6) is 0 Å². The Bertz CT molecular complexity index is 1020. The maximum Gasteiger partial charge on any atom is 0.303 e. The van der Waals surface area contributed by atoms with Crippen LogP contribution < -0.4 is 10.6 Å². The van der Waals surface area contributed by atoms with Crippen LogP contribution in [0.1, 0.15) is 80.1 Å². The molecule has 230 valence electrons. The predicted molar refractivity (Wildman–Crippen MR) is 154 cm³/mol. The lowest BCUT2D eigenvalue weighted by Gasteiger charge is -2.39. The maximum absolute atomic E-state index is 12.4. The molecule has 0 aromatic heterocycles. The number of allylic oxidation sites excluding steroid dienone is 2. The molecule has 3 N–H and O–H groups in total. The van der Waals surface area contributed by atoms with E-state index >= 15 is 0 Å². The fourth-order valence-corrected chi connectivity index (χ4v) is 5.52. The van der Waals surface area contributed by atoms with Crippen LogP contribution in [-0.2, 0) is 33.3 Å².